The van der Waals surface area contributed by atoms with Crippen molar-refractivity contribution in [3.63, 3.8) is 0 Å². The molecule has 0 spiro atoms. The number of likely N-dealkylation sites (tertiary alicyclic amines) is 1. The second kappa shape index (κ2) is 7.10. The van der Waals surface area contributed by atoms with Crippen LogP contribution in [0.15, 0.2) is 0 Å². The Bertz CT molecular complexity index is 263. The lowest BCUT2D eigenvalue weighted by molar-refractivity contribution is -0.135. The molecule has 0 bridgehead atoms. The van der Waals surface area contributed by atoms with E-state index in [9.17, 15) is 4.79 Å². The molecule has 4 heteroatoms. The minimum atomic E-state index is 0.324. The standard InChI is InChI=1S/C14H26N2O2/c1-15-11-12-5-2-3-9-16(12)14(17)8-7-13-6-4-10-18-13/h12-13,15H,2-11H2,1H3. The summed E-state index contributed by atoms with van der Waals surface area (Å²) < 4.78 is 5.58. The van der Waals surface area contributed by atoms with Crippen molar-refractivity contribution < 1.29 is 9.53 Å². The highest BCUT2D eigenvalue weighted by atomic mass is 16.5. The highest BCUT2D eigenvalue weighted by molar-refractivity contribution is 5.76. The fourth-order valence-corrected chi connectivity index (χ4v) is 3.08. The molecule has 2 unspecified atom stereocenters. The molecule has 1 amide bonds. The Hall–Kier alpha value is -0.610. The SMILES string of the molecule is CNCC1CCCCN1C(=O)CCC1CCCO1. The van der Waals surface area contributed by atoms with Gasteiger partial charge in [0.1, 0.15) is 0 Å². The molecule has 0 aromatic heterocycles. The van der Waals surface area contributed by atoms with Gasteiger partial charge in [-0.15, -0.1) is 0 Å². The van der Waals surface area contributed by atoms with Gasteiger partial charge in [-0.05, 0) is 45.6 Å². The smallest absolute Gasteiger partial charge is 0.222 e. The summed E-state index contributed by atoms with van der Waals surface area (Å²) in [7, 11) is 1.96. The van der Waals surface area contributed by atoms with Crippen LogP contribution in [-0.4, -0.2) is 49.7 Å². The molecule has 2 atom stereocenters. The number of amides is 1. The van der Waals surface area contributed by atoms with Crippen LogP contribution >= 0.6 is 0 Å². The lowest BCUT2D eigenvalue weighted by Crippen LogP contribution is -2.48. The van der Waals surface area contributed by atoms with Gasteiger partial charge in [-0.3, -0.25) is 4.79 Å². The quantitative estimate of drug-likeness (QED) is 0.809. The van der Waals surface area contributed by atoms with Gasteiger partial charge in [0.2, 0.25) is 5.91 Å². The second-order valence-electron chi connectivity index (χ2n) is 5.47. The summed E-state index contributed by atoms with van der Waals surface area (Å²) in [6.07, 6.45) is 7.74. The monoisotopic (exact) mass is 254 g/mol. The van der Waals surface area contributed by atoms with Gasteiger partial charge in [-0.25, -0.2) is 0 Å². The van der Waals surface area contributed by atoms with Gasteiger partial charge in [-0.2, -0.15) is 0 Å². The Morgan fingerprint density at radius 1 is 1.33 bits per heavy atom. The van der Waals surface area contributed by atoms with E-state index in [2.05, 4.69) is 10.2 Å². The highest BCUT2D eigenvalue weighted by Crippen LogP contribution is 2.21. The molecule has 2 aliphatic rings. The number of carbonyl (C=O) groups is 1. The predicted molar refractivity (Wildman–Crippen MR) is 71.5 cm³/mol. The van der Waals surface area contributed by atoms with Crippen molar-refractivity contribution in [2.75, 3.05) is 26.7 Å². The van der Waals surface area contributed by atoms with Gasteiger partial charge >= 0.3 is 0 Å². The molecular formula is C14H26N2O2. The lowest BCUT2D eigenvalue weighted by Gasteiger charge is -2.36. The van der Waals surface area contributed by atoms with Gasteiger partial charge in [-0.1, -0.05) is 0 Å². The van der Waals surface area contributed by atoms with Crippen molar-refractivity contribution in [1.29, 1.82) is 0 Å². The average molecular weight is 254 g/mol. The number of likely N-dealkylation sites (N-methyl/N-ethyl adjacent to an activating group) is 1. The molecule has 2 aliphatic heterocycles. The number of piperidine rings is 1. The van der Waals surface area contributed by atoms with Crippen LogP contribution in [0.3, 0.4) is 0 Å². The normalized spacial score (nSPS) is 28.6. The van der Waals surface area contributed by atoms with Crippen LogP contribution in [0, 0.1) is 0 Å². The first-order chi connectivity index (χ1) is 8.81. The fraction of sp³-hybridized carbons (Fsp3) is 0.929. The maximum atomic E-state index is 12.3. The summed E-state index contributed by atoms with van der Waals surface area (Å²) in [6.45, 7) is 2.74. The predicted octanol–water partition coefficient (Wildman–Crippen LogP) is 1.55. The lowest BCUT2D eigenvalue weighted by atomic mass is 10.0. The Kier molecular flexibility index (Phi) is 5.45. The minimum Gasteiger partial charge on any atom is -0.378 e. The van der Waals surface area contributed by atoms with Crippen LogP contribution in [0.4, 0.5) is 0 Å². The van der Waals surface area contributed by atoms with Crippen molar-refractivity contribution in [3.8, 4) is 0 Å². The van der Waals surface area contributed by atoms with Gasteiger partial charge in [0.25, 0.3) is 0 Å². The Morgan fingerprint density at radius 2 is 2.22 bits per heavy atom. The Labute approximate surface area is 110 Å². The molecule has 0 aliphatic carbocycles. The summed E-state index contributed by atoms with van der Waals surface area (Å²) in [5, 5.41) is 3.20. The third kappa shape index (κ3) is 3.69. The van der Waals surface area contributed by atoms with Crippen LogP contribution in [0.2, 0.25) is 0 Å². The van der Waals surface area contributed by atoms with Crippen molar-refractivity contribution in [3.05, 3.63) is 0 Å². The van der Waals surface area contributed by atoms with Crippen molar-refractivity contribution in [2.24, 2.45) is 0 Å². The van der Waals surface area contributed by atoms with E-state index in [1.807, 2.05) is 7.05 Å². The molecule has 0 saturated carbocycles. The van der Waals surface area contributed by atoms with Crippen molar-refractivity contribution >= 4 is 5.91 Å². The molecule has 0 aromatic carbocycles. The van der Waals surface area contributed by atoms with Crippen LogP contribution in [-0.2, 0) is 9.53 Å². The summed E-state index contributed by atoms with van der Waals surface area (Å²) in [4.78, 5) is 14.4. The number of nitrogens with zero attached hydrogens (tertiary/aromatic N) is 1. The van der Waals surface area contributed by atoms with Crippen LogP contribution in [0.1, 0.15) is 44.9 Å². The van der Waals surface area contributed by atoms with Crippen molar-refractivity contribution in [2.45, 2.75) is 57.1 Å². The first kappa shape index (κ1) is 13.8. The molecule has 2 heterocycles. The maximum absolute atomic E-state index is 12.3. The van der Waals surface area contributed by atoms with E-state index < -0.39 is 0 Å². The molecule has 104 valence electrons. The molecular weight excluding hydrogens is 228 g/mol. The van der Waals surface area contributed by atoms with Crippen LogP contribution in [0.25, 0.3) is 0 Å². The van der Waals surface area contributed by atoms with Gasteiger partial charge in [0.05, 0.1) is 6.10 Å². The number of ether oxygens (including phenoxy) is 1. The molecule has 2 rings (SSSR count). The fourth-order valence-electron chi connectivity index (χ4n) is 3.08. The van der Waals surface area contributed by atoms with E-state index in [4.69, 9.17) is 4.74 Å². The number of carbonyl (C=O) groups excluding carboxylic acids is 1. The molecule has 2 fully saturated rings. The third-order valence-electron chi connectivity index (χ3n) is 4.09. The van der Waals surface area contributed by atoms with Gasteiger partial charge in [0, 0.05) is 32.2 Å². The average Bonchev–Trinajstić information content (AvgIpc) is 2.90. The molecule has 2 saturated heterocycles. The summed E-state index contributed by atoms with van der Waals surface area (Å²) in [5.41, 5.74) is 0. The molecule has 18 heavy (non-hydrogen) atoms. The number of hydrogen-bond acceptors (Lipinski definition) is 3. The van der Waals surface area contributed by atoms with Crippen LogP contribution < -0.4 is 5.32 Å². The maximum Gasteiger partial charge on any atom is 0.222 e. The third-order valence-corrected chi connectivity index (χ3v) is 4.09. The largest absolute Gasteiger partial charge is 0.378 e. The first-order valence-electron chi connectivity index (χ1n) is 7.37. The highest BCUT2D eigenvalue weighted by Gasteiger charge is 2.26. The number of hydrogen-bond donors (Lipinski definition) is 1. The minimum absolute atomic E-state index is 0.324. The van der Waals surface area contributed by atoms with E-state index in [-0.39, 0.29) is 0 Å². The molecule has 0 aromatic rings. The van der Waals surface area contributed by atoms with E-state index in [1.54, 1.807) is 0 Å². The summed E-state index contributed by atoms with van der Waals surface area (Å²) in [5.74, 6) is 0.324. The topological polar surface area (TPSA) is 41.6 Å². The first-order valence-corrected chi connectivity index (χ1v) is 7.37. The number of nitrogens with one attached hydrogen (secondary N) is 1. The zero-order chi connectivity index (χ0) is 12.8. The molecule has 0 radical (unpaired) electrons. The van der Waals surface area contributed by atoms with Crippen molar-refractivity contribution in [1.82, 2.24) is 10.2 Å². The van der Waals surface area contributed by atoms with Gasteiger partial charge in [0.15, 0.2) is 0 Å². The van der Waals surface area contributed by atoms with E-state index in [0.29, 0.717) is 24.5 Å². The van der Waals surface area contributed by atoms with E-state index in [0.717, 1.165) is 51.8 Å². The number of rotatable bonds is 5. The summed E-state index contributed by atoms with van der Waals surface area (Å²) >= 11 is 0. The summed E-state index contributed by atoms with van der Waals surface area (Å²) in [6, 6.07) is 0.403. The zero-order valence-corrected chi connectivity index (χ0v) is 11.5. The zero-order valence-electron chi connectivity index (χ0n) is 11.5. The van der Waals surface area contributed by atoms with E-state index >= 15 is 0 Å². The van der Waals surface area contributed by atoms with E-state index in [1.165, 1.54) is 6.42 Å². The van der Waals surface area contributed by atoms with Crippen LogP contribution in [0.5, 0.6) is 0 Å². The second-order valence-corrected chi connectivity index (χ2v) is 5.47. The molecule has 4 nitrogen and oxygen atoms in total. The Morgan fingerprint density at radius 3 is 2.94 bits per heavy atom. The molecule has 1 N–H and O–H groups in total. The Balaban J connectivity index is 1.77. The van der Waals surface area contributed by atoms with Gasteiger partial charge < -0.3 is 15.0 Å².